The second-order valence-electron chi connectivity index (χ2n) is 6.98. The van der Waals surface area contributed by atoms with Gasteiger partial charge in [-0.25, -0.2) is 4.79 Å². The number of aromatic nitrogens is 1. The fourth-order valence-corrected chi connectivity index (χ4v) is 3.13. The van der Waals surface area contributed by atoms with E-state index < -0.39 is 0 Å². The molecule has 0 bridgehead atoms. The fraction of sp³-hybridized carbons (Fsp3) is 0.318. The highest BCUT2D eigenvalue weighted by Crippen LogP contribution is 2.30. The van der Waals surface area contributed by atoms with Crippen molar-refractivity contribution in [2.45, 2.75) is 25.9 Å². The summed E-state index contributed by atoms with van der Waals surface area (Å²) in [6.07, 6.45) is 4.69. The maximum absolute atomic E-state index is 11.7. The Labute approximate surface area is 158 Å². The number of amides is 1. The second-order valence-corrected chi connectivity index (χ2v) is 6.98. The minimum Gasteiger partial charge on any atom is -0.488 e. The quantitative estimate of drug-likeness (QED) is 0.622. The molecule has 0 aliphatic heterocycles. The molecule has 0 saturated heterocycles. The largest absolute Gasteiger partial charge is 0.488 e. The number of ether oxygens (including phenoxy) is 2. The lowest BCUT2D eigenvalue weighted by Gasteiger charge is -2.10. The third-order valence-electron chi connectivity index (χ3n) is 4.82. The number of benzene rings is 2. The summed E-state index contributed by atoms with van der Waals surface area (Å²) in [5.41, 5.74) is 3.24. The van der Waals surface area contributed by atoms with Gasteiger partial charge in [0.25, 0.3) is 0 Å². The van der Waals surface area contributed by atoms with E-state index in [9.17, 15) is 4.79 Å². The third-order valence-corrected chi connectivity index (χ3v) is 4.82. The van der Waals surface area contributed by atoms with Crippen molar-refractivity contribution in [3.8, 4) is 5.75 Å². The molecule has 1 aliphatic rings. The van der Waals surface area contributed by atoms with E-state index in [1.807, 2.05) is 54.7 Å². The smallest absolute Gasteiger partial charge is 0.407 e. The first-order chi connectivity index (χ1) is 13.3. The summed E-state index contributed by atoms with van der Waals surface area (Å²) in [5, 5.41) is 3.87. The highest BCUT2D eigenvalue weighted by molar-refractivity contribution is 5.89. The minimum absolute atomic E-state index is 0.331. The number of carbonyl (C=O) groups excluding carboxylic acids is 1. The van der Waals surface area contributed by atoms with E-state index in [1.54, 1.807) is 0 Å². The predicted molar refractivity (Wildman–Crippen MR) is 105 cm³/mol. The van der Waals surface area contributed by atoms with E-state index >= 15 is 0 Å². The highest BCUT2D eigenvalue weighted by Gasteiger charge is 2.21. The van der Waals surface area contributed by atoms with Gasteiger partial charge in [0, 0.05) is 30.1 Å². The number of carbonyl (C=O) groups is 1. The van der Waals surface area contributed by atoms with Crippen molar-refractivity contribution < 1.29 is 14.3 Å². The van der Waals surface area contributed by atoms with E-state index in [0.29, 0.717) is 25.6 Å². The molecule has 0 spiro atoms. The van der Waals surface area contributed by atoms with Crippen LogP contribution in [0.15, 0.2) is 54.7 Å². The normalized spacial score (nSPS) is 13.5. The Morgan fingerprint density at radius 3 is 2.78 bits per heavy atom. The van der Waals surface area contributed by atoms with Gasteiger partial charge in [0.1, 0.15) is 12.4 Å². The van der Waals surface area contributed by atoms with Crippen molar-refractivity contribution in [3.63, 3.8) is 0 Å². The van der Waals surface area contributed by atoms with Gasteiger partial charge in [-0.1, -0.05) is 36.4 Å². The molecule has 2 N–H and O–H groups in total. The SMILES string of the molecule is O=C(NCC1CC1)OCCc1c[nH]c2cccc(OCc3ccccc3)c12. The Hall–Kier alpha value is -2.95. The third kappa shape index (κ3) is 4.61. The van der Waals surface area contributed by atoms with Gasteiger partial charge in [-0.2, -0.15) is 0 Å². The molecule has 1 saturated carbocycles. The van der Waals surface area contributed by atoms with E-state index in [-0.39, 0.29) is 6.09 Å². The molecule has 1 amide bonds. The van der Waals surface area contributed by atoms with E-state index in [0.717, 1.165) is 34.3 Å². The van der Waals surface area contributed by atoms with Crippen LogP contribution in [0.5, 0.6) is 5.75 Å². The Balaban J connectivity index is 1.38. The second kappa shape index (κ2) is 8.16. The predicted octanol–water partition coefficient (Wildman–Crippen LogP) is 4.43. The summed E-state index contributed by atoms with van der Waals surface area (Å²) < 4.78 is 11.4. The number of fused-ring (bicyclic) bond motifs is 1. The van der Waals surface area contributed by atoms with Crippen LogP contribution in [0, 0.1) is 5.92 Å². The van der Waals surface area contributed by atoms with Crippen LogP contribution in [0.4, 0.5) is 4.79 Å². The molecular weight excluding hydrogens is 340 g/mol. The summed E-state index contributed by atoms with van der Waals surface area (Å²) in [6.45, 7) is 1.59. The van der Waals surface area contributed by atoms with Gasteiger partial charge in [-0.3, -0.25) is 0 Å². The maximum Gasteiger partial charge on any atom is 0.407 e. The molecule has 4 rings (SSSR count). The van der Waals surface area contributed by atoms with E-state index in [4.69, 9.17) is 9.47 Å². The molecule has 1 aromatic heterocycles. The number of rotatable bonds is 8. The number of aromatic amines is 1. The first kappa shape index (κ1) is 17.5. The zero-order chi connectivity index (χ0) is 18.5. The summed E-state index contributed by atoms with van der Waals surface area (Å²) in [5.74, 6) is 1.49. The van der Waals surface area contributed by atoms with Gasteiger partial charge in [0.2, 0.25) is 0 Å². The van der Waals surface area contributed by atoms with Crippen molar-refractivity contribution in [3.05, 3.63) is 65.9 Å². The Morgan fingerprint density at radius 1 is 1.11 bits per heavy atom. The molecule has 0 radical (unpaired) electrons. The minimum atomic E-state index is -0.331. The molecule has 5 nitrogen and oxygen atoms in total. The molecule has 0 atom stereocenters. The Morgan fingerprint density at radius 2 is 1.96 bits per heavy atom. The van der Waals surface area contributed by atoms with Crippen molar-refractivity contribution in [2.75, 3.05) is 13.2 Å². The van der Waals surface area contributed by atoms with E-state index in [2.05, 4.69) is 10.3 Å². The number of hydrogen-bond acceptors (Lipinski definition) is 3. The van der Waals surface area contributed by atoms with Gasteiger partial charge in [0.15, 0.2) is 0 Å². The number of nitrogens with one attached hydrogen (secondary N) is 2. The number of H-pyrrole nitrogens is 1. The van der Waals surface area contributed by atoms with Crippen molar-refractivity contribution in [1.29, 1.82) is 0 Å². The van der Waals surface area contributed by atoms with Crippen LogP contribution in [0.25, 0.3) is 10.9 Å². The topological polar surface area (TPSA) is 63.3 Å². The molecule has 2 aromatic carbocycles. The van der Waals surface area contributed by atoms with Crippen LogP contribution in [-0.2, 0) is 17.8 Å². The lowest BCUT2D eigenvalue weighted by Crippen LogP contribution is -2.26. The molecule has 1 aliphatic carbocycles. The maximum atomic E-state index is 11.7. The first-order valence-electron chi connectivity index (χ1n) is 9.46. The van der Waals surface area contributed by atoms with Crippen LogP contribution >= 0.6 is 0 Å². The highest BCUT2D eigenvalue weighted by atomic mass is 16.5. The van der Waals surface area contributed by atoms with Gasteiger partial charge in [0.05, 0.1) is 6.61 Å². The van der Waals surface area contributed by atoms with Gasteiger partial charge in [-0.15, -0.1) is 0 Å². The standard InChI is InChI=1S/C22H24N2O3/c25-22(24-13-16-9-10-16)26-12-11-18-14-23-19-7-4-8-20(21(18)19)27-15-17-5-2-1-3-6-17/h1-8,14,16,23H,9-13,15H2,(H,24,25). The zero-order valence-electron chi connectivity index (χ0n) is 15.2. The molecule has 1 heterocycles. The summed E-state index contributed by atoms with van der Waals surface area (Å²) >= 11 is 0. The summed E-state index contributed by atoms with van der Waals surface area (Å²) in [6, 6.07) is 16.1. The molecule has 3 aromatic rings. The van der Waals surface area contributed by atoms with Gasteiger partial charge < -0.3 is 19.8 Å². The van der Waals surface area contributed by atoms with Crippen LogP contribution < -0.4 is 10.1 Å². The summed E-state index contributed by atoms with van der Waals surface area (Å²) in [7, 11) is 0. The first-order valence-corrected chi connectivity index (χ1v) is 9.46. The van der Waals surface area contributed by atoms with Crippen LogP contribution in [0.3, 0.4) is 0 Å². The Kier molecular flexibility index (Phi) is 5.28. The van der Waals surface area contributed by atoms with E-state index in [1.165, 1.54) is 12.8 Å². The number of alkyl carbamates (subject to hydrolysis) is 1. The average molecular weight is 364 g/mol. The molecule has 1 fully saturated rings. The van der Waals surface area contributed by atoms with Crippen molar-refractivity contribution in [1.82, 2.24) is 10.3 Å². The lowest BCUT2D eigenvalue weighted by molar-refractivity contribution is 0.147. The van der Waals surface area contributed by atoms with Crippen LogP contribution in [0.1, 0.15) is 24.0 Å². The van der Waals surface area contributed by atoms with Gasteiger partial charge >= 0.3 is 6.09 Å². The lowest BCUT2D eigenvalue weighted by atomic mass is 10.1. The monoisotopic (exact) mass is 364 g/mol. The van der Waals surface area contributed by atoms with Crippen LogP contribution in [0.2, 0.25) is 0 Å². The fourth-order valence-electron chi connectivity index (χ4n) is 3.13. The molecular formula is C22H24N2O3. The average Bonchev–Trinajstić information content (AvgIpc) is 3.45. The molecule has 27 heavy (non-hydrogen) atoms. The molecule has 5 heteroatoms. The number of hydrogen-bond donors (Lipinski definition) is 2. The summed E-state index contributed by atoms with van der Waals surface area (Å²) in [4.78, 5) is 15.0. The molecule has 0 unspecified atom stereocenters. The Bertz CT molecular complexity index is 900. The zero-order valence-corrected chi connectivity index (χ0v) is 15.2. The van der Waals surface area contributed by atoms with Crippen molar-refractivity contribution in [2.24, 2.45) is 5.92 Å². The van der Waals surface area contributed by atoms with Crippen LogP contribution in [-0.4, -0.2) is 24.2 Å². The molecule has 140 valence electrons. The van der Waals surface area contributed by atoms with Gasteiger partial charge in [-0.05, 0) is 42.0 Å². The van der Waals surface area contributed by atoms with Crippen molar-refractivity contribution >= 4 is 17.0 Å².